The number of aromatic nitrogens is 1. The predicted octanol–water partition coefficient (Wildman–Crippen LogP) is 1.75. The summed E-state index contributed by atoms with van der Waals surface area (Å²) in [5.74, 6) is -0.985. The molecule has 0 aliphatic carbocycles. The molecule has 1 heterocycles. The van der Waals surface area contributed by atoms with E-state index in [4.69, 9.17) is 0 Å². The minimum absolute atomic E-state index is 0.121. The zero-order valence-corrected chi connectivity index (χ0v) is 11.5. The van der Waals surface area contributed by atoms with Crippen LogP contribution >= 0.6 is 0 Å². The van der Waals surface area contributed by atoms with Gasteiger partial charge in [-0.25, -0.2) is 0 Å². The van der Waals surface area contributed by atoms with Gasteiger partial charge in [-0.1, -0.05) is 0 Å². The summed E-state index contributed by atoms with van der Waals surface area (Å²) < 4.78 is 2.31. The Morgan fingerprint density at radius 2 is 1.79 bits per heavy atom. The summed E-state index contributed by atoms with van der Waals surface area (Å²) in [5.41, 5.74) is 0.911. The topological polar surface area (TPSA) is 59.3 Å². The third kappa shape index (κ3) is 1.93. The van der Waals surface area contributed by atoms with Gasteiger partial charge in [0, 0.05) is 0 Å². The van der Waals surface area contributed by atoms with E-state index < -0.39 is 5.97 Å². The second kappa shape index (κ2) is 4.53. The molecule has 0 aliphatic rings. The molecule has 0 unspecified atom stereocenters. The fourth-order valence-corrected chi connectivity index (χ4v) is 4.25. The predicted molar refractivity (Wildman–Crippen MR) is 73.4 cm³/mol. The number of nitrogens with zero attached hydrogens (tertiary/aromatic N) is 1. The Bertz CT molecular complexity index is 818. The van der Waals surface area contributed by atoms with Crippen LogP contribution in [0.15, 0.2) is 53.3 Å². The number of hydrogen-bond acceptors (Lipinski definition) is 2. The van der Waals surface area contributed by atoms with Crippen molar-refractivity contribution >= 4 is 30.3 Å². The van der Waals surface area contributed by atoms with Gasteiger partial charge in [-0.15, -0.1) is 0 Å². The number of para-hydroxylation sites is 1. The molecule has 0 bridgehead atoms. The molecule has 0 aliphatic heterocycles. The number of rotatable bonds is 2. The van der Waals surface area contributed by atoms with Gasteiger partial charge in [0.2, 0.25) is 0 Å². The van der Waals surface area contributed by atoms with E-state index in [0.717, 1.165) is 5.69 Å². The first-order valence-corrected chi connectivity index (χ1v) is 7.24. The third-order valence-corrected chi connectivity index (χ3v) is 5.31. The maximum atomic E-state index is 12.3. The SMILES string of the molecule is O=C(O)c1cccc2c(=O)n(-c3ccccc3)[se]c12. The van der Waals surface area contributed by atoms with Crippen LogP contribution in [0.3, 0.4) is 0 Å². The number of aromatic carboxylic acids is 1. The van der Waals surface area contributed by atoms with Crippen molar-refractivity contribution in [2.45, 2.75) is 0 Å². The Morgan fingerprint density at radius 3 is 2.47 bits per heavy atom. The Kier molecular flexibility index (Phi) is 2.85. The molecule has 0 saturated carbocycles. The summed E-state index contributed by atoms with van der Waals surface area (Å²) in [4.78, 5) is 23.5. The van der Waals surface area contributed by atoms with Crippen LogP contribution in [0.25, 0.3) is 15.3 Å². The van der Waals surface area contributed by atoms with E-state index in [-0.39, 0.29) is 25.9 Å². The summed E-state index contributed by atoms with van der Waals surface area (Å²) in [7, 11) is 0. The first-order valence-electron chi connectivity index (χ1n) is 5.62. The molecule has 3 rings (SSSR count). The molecule has 0 atom stereocenters. The molecule has 5 heteroatoms. The summed E-state index contributed by atoms with van der Waals surface area (Å²) in [6, 6.07) is 14.2. The van der Waals surface area contributed by atoms with Crippen LogP contribution in [0.4, 0.5) is 0 Å². The van der Waals surface area contributed by atoms with Gasteiger partial charge in [0.1, 0.15) is 0 Å². The standard InChI is InChI=1S/C14H9NO3Se/c16-13-10-7-4-8-11(14(17)18)12(10)19-15(13)9-5-2-1-3-6-9/h1-8H,(H,17,18). The van der Waals surface area contributed by atoms with Gasteiger partial charge in [-0.05, 0) is 0 Å². The molecule has 19 heavy (non-hydrogen) atoms. The Hall–Kier alpha value is -2.10. The normalized spacial score (nSPS) is 10.7. The quantitative estimate of drug-likeness (QED) is 0.732. The number of carboxylic acids is 1. The van der Waals surface area contributed by atoms with Gasteiger partial charge in [-0.3, -0.25) is 0 Å². The van der Waals surface area contributed by atoms with Crippen molar-refractivity contribution in [3.8, 4) is 5.69 Å². The van der Waals surface area contributed by atoms with Gasteiger partial charge in [0.15, 0.2) is 0 Å². The van der Waals surface area contributed by atoms with Crippen molar-refractivity contribution < 1.29 is 9.90 Å². The van der Waals surface area contributed by atoms with Crippen molar-refractivity contribution in [3.63, 3.8) is 0 Å². The molecule has 0 radical (unpaired) electrons. The summed E-state index contributed by atoms with van der Waals surface area (Å²) >= 11 is -0.331. The maximum absolute atomic E-state index is 12.3. The number of hydrogen-bond donors (Lipinski definition) is 1. The molecule has 0 spiro atoms. The first kappa shape index (κ1) is 12.0. The zero-order valence-electron chi connectivity index (χ0n) is 9.74. The summed E-state index contributed by atoms with van der Waals surface area (Å²) in [6.07, 6.45) is 0. The minimum atomic E-state index is -0.985. The van der Waals surface area contributed by atoms with Crippen molar-refractivity contribution in [1.29, 1.82) is 0 Å². The van der Waals surface area contributed by atoms with Crippen LogP contribution in [-0.2, 0) is 0 Å². The van der Waals surface area contributed by atoms with E-state index in [2.05, 4.69) is 0 Å². The van der Waals surface area contributed by atoms with Gasteiger partial charge in [0.25, 0.3) is 0 Å². The molecule has 1 N–H and O–H groups in total. The number of carbonyl (C=O) groups is 1. The number of benzene rings is 2. The fourth-order valence-electron chi connectivity index (χ4n) is 1.95. The van der Waals surface area contributed by atoms with Crippen LogP contribution in [0.5, 0.6) is 0 Å². The molecule has 2 aromatic carbocycles. The van der Waals surface area contributed by atoms with Crippen LogP contribution in [-0.4, -0.2) is 29.4 Å². The second-order valence-electron chi connectivity index (χ2n) is 4.01. The molecule has 0 saturated heterocycles. The molecule has 3 aromatic rings. The molecular weight excluding hydrogens is 309 g/mol. The van der Waals surface area contributed by atoms with Gasteiger partial charge in [-0.2, -0.15) is 0 Å². The van der Waals surface area contributed by atoms with Crippen LogP contribution in [0, 0.1) is 0 Å². The average molecular weight is 318 g/mol. The fraction of sp³-hybridized carbons (Fsp3) is 0. The molecule has 1 aromatic heterocycles. The molecule has 0 fully saturated rings. The van der Waals surface area contributed by atoms with E-state index >= 15 is 0 Å². The van der Waals surface area contributed by atoms with Crippen LogP contribution < -0.4 is 5.56 Å². The molecular formula is C14H9NO3Se. The summed E-state index contributed by atoms with van der Waals surface area (Å²) in [5, 5.41) is 9.68. The van der Waals surface area contributed by atoms with Crippen LogP contribution in [0.2, 0.25) is 0 Å². The van der Waals surface area contributed by atoms with Crippen molar-refractivity contribution in [2.24, 2.45) is 0 Å². The Morgan fingerprint density at radius 1 is 1.05 bits per heavy atom. The Labute approximate surface area is 114 Å². The van der Waals surface area contributed by atoms with Gasteiger partial charge in [0.05, 0.1) is 0 Å². The third-order valence-electron chi connectivity index (χ3n) is 2.83. The van der Waals surface area contributed by atoms with Gasteiger partial charge < -0.3 is 0 Å². The van der Waals surface area contributed by atoms with E-state index in [1.54, 1.807) is 21.8 Å². The monoisotopic (exact) mass is 319 g/mol. The van der Waals surface area contributed by atoms with Crippen molar-refractivity contribution in [1.82, 2.24) is 3.56 Å². The van der Waals surface area contributed by atoms with Gasteiger partial charge >= 0.3 is 114 Å². The van der Waals surface area contributed by atoms with E-state index in [1.807, 2.05) is 30.3 Å². The second-order valence-corrected chi connectivity index (χ2v) is 6.02. The zero-order chi connectivity index (χ0) is 13.4. The molecule has 0 amide bonds. The van der Waals surface area contributed by atoms with E-state index in [9.17, 15) is 14.7 Å². The summed E-state index contributed by atoms with van der Waals surface area (Å²) in [6.45, 7) is 0. The molecule has 4 nitrogen and oxygen atoms in total. The number of carboxylic acid groups (broad SMARTS) is 1. The van der Waals surface area contributed by atoms with Crippen molar-refractivity contribution in [3.05, 3.63) is 64.4 Å². The molecule has 94 valence electrons. The van der Waals surface area contributed by atoms with E-state index in [0.29, 0.717) is 9.65 Å². The van der Waals surface area contributed by atoms with Crippen molar-refractivity contribution in [2.75, 3.05) is 0 Å². The number of fused-ring (bicyclic) bond motifs is 1. The van der Waals surface area contributed by atoms with Crippen LogP contribution in [0.1, 0.15) is 10.4 Å². The average Bonchev–Trinajstić information content (AvgIpc) is 2.77. The van der Waals surface area contributed by atoms with E-state index in [1.165, 1.54) is 0 Å². The first-order chi connectivity index (χ1) is 9.18. The Balaban J connectivity index is 2.36.